The van der Waals surface area contributed by atoms with Gasteiger partial charge in [0.1, 0.15) is 0 Å². The number of carbonyl (C=O) groups excluding carboxylic acids is 1. The summed E-state index contributed by atoms with van der Waals surface area (Å²) in [5.41, 5.74) is 10.8. The molecule has 1 saturated heterocycles. The first-order valence-electron chi connectivity index (χ1n) is 5.32. The van der Waals surface area contributed by atoms with Crippen molar-refractivity contribution in [2.24, 2.45) is 17.4 Å². The molecule has 1 heterocycles. The molecule has 1 unspecified atom stereocenters. The minimum Gasteiger partial charge on any atom is -0.392 e. The third-order valence-electron chi connectivity index (χ3n) is 3.10. The standard InChI is InChI=1S/C10H19N3OS/c1-7(10(12)15)13-4-2-8(3-5-13)6-9(11)14/h7-8H,2-6H2,1H3,(H2,11,14)(H2,12,15). The highest BCUT2D eigenvalue weighted by atomic mass is 32.1. The van der Waals surface area contributed by atoms with Gasteiger partial charge in [-0.05, 0) is 38.8 Å². The summed E-state index contributed by atoms with van der Waals surface area (Å²) in [6.45, 7) is 3.93. The summed E-state index contributed by atoms with van der Waals surface area (Å²) < 4.78 is 0. The van der Waals surface area contributed by atoms with E-state index in [2.05, 4.69) is 4.90 Å². The summed E-state index contributed by atoms with van der Waals surface area (Å²) in [6.07, 6.45) is 2.53. The second-order valence-corrected chi connectivity index (χ2v) is 4.70. The largest absolute Gasteiger partial charge is 0.392 e. The van der Waals surface area contributed by atoms with Crippen LogP contribution in [0, 0.1) is 5.92 Å². The third-order valence-corrected chi connectivity index (χ3v) is 3.44. The van der Waals surface area contributed by atoms with Crippen molar-refractivity contribution in [1.29, 1.82) is 0 Å². The van der Waals surface area contributed by atoms with Crippen LogP contribution >= 0.6 is 12.2 Å². The zero-order chi connectivity index (χ0) is 11.4. The topological polar surface area (TPSA) is 72.3 Å². The van der Waals surface area contributed by atoms with Crippen LogP contribution in [-0.2, 0) is 4.79 Å². The average molecular weight is 229 g/mol. The van der Waals surface area contributed by atoms with E-state index in [-0.39, 0.29) is 11.9 Å². The summed E-state index contributed by atoms with van der Waals surface area (Å²) in [5, 5.41) is 0. The fourth-order valence-electron chi connectivity index (χ4n) is 2.01. The predicted octanol–water partition coefficient (Wildman–Crippen LogP) is 0.248. The second kappa shape index (κ2) is 5.42. The number of likely N-dealkylation sites (tertiary alicyclic amines) is 1. The molecular formula is C10H19N3OS. The first kappa shape index (κ1) is 12.4. The van der Waals surface area contributed by atoms with E-state index in [4.69, 9.17) is 23.7 Å². The molecule has 1 amide bonds. The van der Waals surface area contributed by atoms with Gasteiger partial charge in [-0.15, -0.1) is 0 Å². The van der Waals surface area contributed by atoms with Gasteiger partial charge in [-0.2, -0.15) is 0 Å². The SMILES string of the molecule is CC(C(N)=S)N1CCC(CC(N)=O)CC1. The highest BCUT2D eigenvalue weighted by molar-refractivity contribution is 7.80. The van der Waals surface area contributed by atoms with Crippen LogP contribution in [0.2, 0.25) is 0 Å². The number of rotatable bonds is 4. The van der Waals surface area contributed by atoms with Gasteiger partial charge < -0.3 is 11.5 Å². The number of nitrogens with two attached hydrogens (primary N) is 2. The van der Waals surface area contributed by atoms with Crippen LogP contribution in [0.15, 0.2) is 0 Å². The number of hydrogen-bond acceptors (Lipinski definition) is 3. The highest BCUT2D eigenvalue weighted by Crippen LogP contribution is 2.21. The molecular weight excluding hydrogens is 210 g/mol. The lowest BCUT2D eigenvalue weighted by Gasteiger charge is -2.35. The van der Waals surface area contributed by atoms with Crippen molar-refractivity contribution in [3.05, 3.63) is 0 Å². The van der Waals surface area contributed by atoms with E-state index in [9.17, 15) is 4.79 Å². The lowest BCUT2D eigenvalue weighted by molar-refractivity contribution is -0.119. The summed E-state index contributed by atoms with van der Waals surface area (Å²) in [5.74, 6) is 0.244. The van der Waals surface area contributed by atoms with Gasteiger partial charge in [-0.3, -0.25) is 9.69 Å². The van der Waals surface area contributed by atoms with Gasteiger partial charge in [-0.25, -0.2) is 0 Å². The molecule has 0 aliphatic carbocycles. The maximum Gasteiger partial charge on any atom is 0.217 e. The lowest BCUT2D eigenvalue weighted by atomic mass is 9.92. The number of hydrogen-bond donors (Lipinski definition) is 2. The summed E-state index contributed by atoms with van der Waals surface area (Å²) in [4.78, 5) is 13.6. The maximum atomic E-state index is 10.8. The van der Waals surface area contributed by atoms with Crippen molar-refractivity contribution in [3.63, 3.8) is 0 Å². The first-order valence-corrected chi connectivity index (χ1v) is 5.73. The van der Waals surface area contributed by atoms with E-state index >= 15 is 0 Å². The van der Waals surface area contributed by atoms with Crippen LogP contribution in [0.5, 0.6) is 0 Å². The van der Waals surface area contributed by atoms with Crippen LogP contribution in [-0.4, -0.2) is 34.9 Å². The molecule has 1 rings (SSSR count). The van der Waals surface area contributed by atoms with Crippen LogP contribution < -0.4 is 11.5 Å². The monoisotopic (exact) mass is 229 g/mol. The van der Waals surface area contributed by atoms with Gasteiger partial charge in [0, 0.05) is 6.42 Å². The zero-order valence-corrected chi connectivity index (χ0v) is 9.93. The molecule has 0 aromatic rings. The Balaban J connectivity index is 2.35. The minimum absolute atomic E-state index is 0.162. The van der Waals surface area contributed by atoms with Gasteiger partial charge in [0.15, 0.2) is 0 Å². The van der Waals surface area contributed by atoms with Crippen LogP contribution in [0.25, 0.3) is 0 Å². The van der Waals surface area contributed by atoms with Crippen molar-refractivity contribution < 1.29 is 4.79 Å². The maximum absolute atomic E-state index is 10.8. The Hall–Kier alpha value is -0.680. The number of thiocarbonyl (C=S) groups is 1. The highest BCUT2D eigenvalue weighted by Gasteiger charge is 2.24. The van der Waals surface area contributed by atoms with Crippen molar-refractivity contribution >= 4 is 23.1 Å². The molecule has 0 spiro atoms. The van der Waals surface area contributed by atoms with Crippen LogP contribution in [0.4, 0.5) is 0 Å². The van der Waals surface area contributed by atoms with E-state index in [0.29, 0.717) is 17.3 Å². The average Bonchev–Trinajstić information content (AvgIpc) is 2.17. The Morgan fingerprint density at radius 2 is 2.00 bits per heavy atom. The number of carbonyl (C=O) groups is 1. The lowest BCUT2D eigenvalue weighted by Crippen LogP contribution is -2.46. The quantitative estimate of drug-likeness (QED) is 0.678. The molecule has 1 aliphatic heterocycles. The molecule has 1 atom stereocenters. The van der Waals surface area contributed by atoms with Gasteiger partial charge in [0.05, 0.1) is 11.0 Å². The van der Waals surface area contributed by atoms with Crippen molar-refractivity contribution in [2.75, 3.05) is 13.1 Å². The van der Waals surface area contributed by atoms with E-state index < -0.39 is 0 Å². The number of primary amides is 1. The molecule has 1 fully saturated rings. The molecule has 0 aromatic carbocycles. The predicted molar refractivity (Wildman–Crippen MR) is 64.4 cm³/mol. The molecule has 5 heteroatoms. The first-order chi connectivity index (χ1) is 7.00. The van der Waals surface area contributed by atoms with E-state index in [0.717, 1.165) is 25.9 Å². The Morgan fingerprint density at radius 1 is 1.47 bits per heavy atom. The Morgan fingerprint density at radius 3 is 2.40 bits per heavy atom. The Kier molecular flexibility index (Phi) is 4.47. The zero-order valence-electron chi connectivity index (χ0n) is 9.11. The van der Waals surface area contributed by atoms with Gasteiger partial charge in [-0.1, -0.05) is 12.2 Å². The van der Waals surface area contributed by atoms with Crippen molar-refractivity contribution in [3.8, 4) is 0 Å². The third kappa shape index (κ3) is 3.76. The molecule has 4 nitrogen and oxygen atoms in total. The molecule has 0 bridgehead atoms. The molecule has 0 radical (unpaired) electrons. The summed E-state index contributed by atoms with van der Waals surface area (Å²) in [6, 6.07) is 0.162. The normalized spacial score (nSPS) is 21.1. The van der Waals surface area contributed by atoms with E-state index in [1.165, 1.54) is 0 Å². The Bertz CT molecular complexity index is 249. The van der Waals surface area contributed by atoms with Crippen molar-refractivity contribution in [2.45, 2.75) is 32.2 Å². The van der Waals surface area contributed by atoms with Gasteiger partial charge in [0.25, 0.3) is 0 Å². The molecule has 86 valence electrons. The minimum atomic E-state index is -0.198. The fraction of sp³-hybridized carbons (Fsp3) is 0.800. The fourth-order valence-corrected chi connectivity index (χ4v) is 2.16. The van der Waals surface area contributed by atoms with E-state index in [1.54, 1.807) is 0 Å². The van der Waals surface area contributed by atoms with Crippen LogP contribution in [0.1, 0.15) is 26.2 Å². The number of nitrogens with zero attached hydrogens (tertiary/aromatic N) is 1. The Labute approximate surface area is 96.0 Å². The number of amides is 1. The summed E-state index contributed by atoms with van der Waals surface area (Å²) >= 11 is 4.96. The molecule has 1 aliphatic rings. The van der Waals surface area contributed by atoms with Gasteiger partial charge >= 0.3 is 0 Å². The van der Waals surface area contributed by atoms with Gasteiger partial charge in [0.2, 0.25) is 5.91 Å². The van der Waals surface area contributed by atoms with E-state index in [1.807, 2.05) is 6.92 Å². The number of piperidine rings is 1. The van der Waals surface area contributed by atoms with Crippen molar-refractivity contribution in [1.82, 2.24) is 4.90 Å². The second-order valence-electron chi connectivity index (χ2n) is 4.23. The summed E-state index contributed by atoms with van der Waals surface area (Å²) in [7, 11) is 0. The van der Waals surface area contributed by atoms with Crippen LogP contribution in [0.3, 0.4) is 0 Å². The smallest absolute Gasteiger partial charge is 0.217 e. The molecule has 4 N–H and O–H groups in total. The molecule has 15 heavy (non-hydrogen) atoms. The molecule has 0 saturated carbocycles. The molecule has 0 aromatic heterocycles.